The average Bonchev–Trinajstić information content (AvgIpc) is 3.27. The predicted molar refractivity (Wildman–Crippen MR) is 128 cm³/mol. The van der Waals surface area contributed by atoms with Gasteiger partial charge in [-0.1, -0.05) is 6.07 Å². The van der Waals surface area contributed by atoms with Gasteiger partial charge in [-0.25, -0.2) is 29.9 Å². The van der Waals surface area contributed by atoms with Crippen LogP contribution in [-0.2, 0) is 12.8 Å². The summed E-state index contributed by atoms with van der Waals surface area (Å²) in [5, 5.41) is 8.75. The van der Waals surface area contributed by atoms with Crippen molar-refractivity contribution in [2.75, 3.05) is 19.6 Å². The molecule has 10 heteroatoms. The first-order chi connectivity index (χ1) is 16.6. The molecule has 0 aromatic carbocycles. The van der Waals surface area contributed by atoms with Crippen LogP contribution in [0.25, 0.3) is 11.5 Å². The third-order valence-corrected chi connectivity index (χ3v) is 6.32. The van der Waals surface area contributed by atoms with Crippen molar-refractivity contribution in [3.63, 3.8) is 0 Å². The van der Waals surface area contributed by atoms with Gasteiger partial charge in [0.05, 0.1) is 17.8 Å². The first kappa shape index (κ1) is 22.2. The van der Waals surface area contributed by atoms with Gasteiger partial charge in [-0.15, -0.1) is 11.3 Å². The second-order valence-electron chi connectivity index (χ2n) is 8.21. The fraction of sp³-hybridized carbons (Fsp3) is 0.292. The summed E-state index contributed by atoms with van der Waals surface area (Å²) in [7, 11) is 0. The number of aromatic nitrogens is 6. The van der Waals surface area contributed by atoms with Crippen LogP contribution >= 0.6 is 11.3 Å². The number of thiazole rings is 1. The third kappa shape index (κ3) is 5.46. The Balaban J connectivity index is 1.23. The summed E-state index contributed by atoms with van der Waals surface area (Å²) in [6.45, 7) is 4.53. The number of amides is 1. The molecule has 0 spiro atoms. The summed E-state index contributed by atoms with van der Waals surface area (Å²) < 4.78 is 0. The molecule has 0 saturated carbocycles. The molecule has 1 fully saturated rings. The van der Waals surface area contributed by atoms with E-state index in [0.29, 0.717) is 42.6 Å². The zero-order chi connectivity index (χ0) is 23.3. The van der Waals surface area contributed by atoms with Crippen molar-refractivity contribution in [1.29, 1.82) is 0 Å². The molecule has 172 valence electrons. The Bertz CT molecular complexity index is 1300. The van der Waals surface area contributed by atoms with Crippen molar-refractivity contribution in [1.82, 2.24) is 40.5 Å². The van der Waals surface area contributed by atoms with E-state index in [-0.39, 0.29) is 5.91 Å². The highest BCUT2D eigenvalue weighted by Crippen LogP contribution is 2.16. The summed E-state index contributed by atoms with van der Waals surface area (Å²) >= 11 is 1.45. The van der Waals surface area contributed by atoms with Crippen molar-refractivity contribution in [3.8, 4) is 11.5 Å². The normalized spacial score (nSPS) is 13.4. The topological polar surface area (TPSA) is 118 Å². The highest BCUT2D eigenvalue weighted by Gasteiger charge is 2.19. The Morgan fingerprint density at radius 1 is 1.03 bits per heavy atom. The molecule has 2 N–H and O–H groups in total. The van der Waals surface area contributed by atoms with Crippen LogP contribution in [0.2, 0.25) is 0 Å². The number of carbonyl (C=O) groups is 1. The molecule has 1 aliphatic heterocycles. The van der Waals surface area contributed by atoms with Gasteiger partial charge in [-0.05, 0) is 31.2 Å². The van der Waals surface area contributed by atoms with Crippen LogP contribution in [0.15, 0.2) is 48.1 Å². The van der Waals surface area contributed by atoms with Crippen molar-refractivity contribution >= 4 is 17.2 Å². The number of aryl methyl sites for hydroxylation is 1. The van der Waals surface area contributed by atoms with E-state index in [2.05, 4.69) is 40.5 Å². The van der Waals surface area contributed by atoms with Gasteiger partial charge in [0.2, 0.25) is 0 Å². The highest BCUT2D eigenvalue weighted by molar-refractivity contribution is 7.09. The number of nitrogens with zero attached hydrogens (tertiary/aromatic N) is 6. The molecule has 5 heterocycles. The number of pyridine rings is 1. The lowest BCUT2D eigenvalue weighted by atomic mass is 10.0. The average molecular weight is 473 g/mol. The molecule has 1 saturated heterocycles. The maximum Gasteiger partial charge on any atom is 0.270 e. The number of rotatable bonds is 8. The molecule has 0 aliphatic carbocycles. The van der Waals surface area contributed by atoms with E-state index in [1.807, 2.05) is 37.3 Å². The monoisotopic (exact) mass is 472 g/mol. The molecule has 4 aromatic heterocycles. The van der Waals surface area contributed by atoms with E-state index >= 15 is 0 Å². The van der Waals surface area contributed by atoms with Crippen LogP contribution in [-0.4, -0.2) is 55.4 Å². The SMILES string of the molecule is Cc1cccc(-c2nccc(Cc3ccnc(Cc4nc(C(=O)NCC5CNC5)cs4)n3)n2)n1. The summed E-state index contributed by atoms with van der Waals surface area (Å²) in [6.07, 6.45) is 4.52. The summed E-state index contributed by atoms with van der Waals surface area (Å²) in [4.78, 5) is 39.4. The summed E-state index contributed by atoms with van der Waals surface area (Å²) in [5.74, 6) is 1.63. The minimum atomic E-state index is -0.133. The van der Waals surface area contributed by atoms with Gasteiger partial charge in [0.15, 0.2) is 5.82 Å². The molecule has 34 heavy (non-hydrogen) atoms. The molecule has 1 amide bonds. The maximum absolute atomic E-state index is 12.3. The standard InChI is InChI=1S/C24H24N8OS/c1-15-3-2-4-19(29-15)23-27-8-6-18(31-23)9-17-5-7-26-21(30-17)10-22-32-20(14-34-22)24(33)28-13-16-11-25-12-16/h2-8,14,16,25H,9-13H2,1H3,(H,28,33). The van der Waals surface area contributed by atoms with E-state index < -0.39 is 0 Å². The molecule has 1 aliphatic rings. The van der Waals surface area contributed by atoms with Crippen LogP contribution in [0.4, 0.5) is 0 Å². The van der Waals surface area contributed by atoms with Crippen molar-refractivity contribution in [2.45, 2.75) is 19.8 Å². The van der Waals surface area contributed by atoms with Crippen LogP contribution < -0.4 is 10.6 Å². The van der Waals surface area contributed by atoms with Crippen LogP contribution in [0.5, 0.6) is 0 Å². The van der Waals surface area contributed by atoms with Crippen molar-refractivity contribution in [2.24, 2.45) is 5.92 Å². The van der Waals surface area contributed by atoms with Crippen LogP contribution in [0.3, 0.4) is 0 Å². The van der Waals surface area contributed by atoms with Crippen molar-refractivity contribution < 1.29 is 4.79 Å². The van der Waals surface area contributed by atoms with Gasteiger partial charge in [0.25, 0.3) is 5.91 Å². The first-order valence-corrected chi connectivity index (χ1v) is 12.0. The minimum Gasteiger partial charge on any atom is -0.350 e. The van der Waals surface area contributed by atoms with E-state index in [1.165, 1.54) is 11.3 Å². The van der Waals surface area contributed by atoms with Gasteiger partial charge in [-0.2, -0.15) is 0 Å². The molecular weight excluding hydrogens is 448 g/mol. The molecule has 9 nitrogen and oxygen atoms in total. The predicted octanol–water partition coefficient (Wildman–Crippen LogP) is 2.22. The largest absolute Gasteiger partial charge is 0.350 e. The second kappa shape index (κ2) is 10.1. The Hall–Kier alpha value is -3.63. The van der Waals surface area contributed by atoms with E-state index in [9.17, 15) is 4.79 Å². The smallest absolute Gasteiger partial charge is 0.270 e. The lowest BCUT2D eigenvalue weighted by molar-refractivity contribution is 0.0937. The van der Waals surface area contributed by atoms with Gasteiger partial charge >= 0.3 is 0 Å². The second-order valence-corrected chi connectivity index (χ2v) is 9.16. The lowest BCUT2D eigenvalue weighted by Gasteiger charge is -2.26. The molecule has 0 atom stereocenters. The zero-order valence-electron chi connectivity index (χ0n) is 18.7. The van der Waals surface area contributed by atoms with E-state index in [4.69, 9.17) is 0 Å². The van der Waals surface area contributed by atoms with Crippen LogP contribution in [0, 0.1) is 12.8 Å². The number of hydrogen-bond acceptors (Lipinski definition) is 9. The Morgan fingerprint density at radius 3 is 2.65 bits per heavy atom. The minimum absolute atomic E-state index is 0.133. The maximum atomic E-state index is 12.3. The van der Waals surface area contributed by atoms with E-state index in [0.717, 1.165) is 40.9 Å². The number of nitrogens with one attached hydrogen (secondary N) is 2. The first-order valence-electron chi connectivity index (χ1n) is 11.1. The third-order valence-electron chi connectivity index (χ3n) is 5.47. The molecule has 0 unspecified atom stereocenters. The molecular formula is C24H24N8OS. The van der Waals surface area contributed by atoms with Gasteiger partial charge in [0.1, 0.15) is 22.2 Å². The number of hydrogen-bond donors (Lipinski definition) is 2. The lowest BCUT2D eigenvalue weighted by Crippen LogP contribution is -2.48. The summed E-state index contributed by atoms with van der Waals surface area (Å²) in [5.41, 5.74) is 3.83. The van der Waals surface area contributed by atoms with Gasteiger partial charge < -0.3 is 10.6 Å². The molecule has 5 rings (SSSR count). The highest BCUT2D eigenvalue weighted by atomic mass is 32.1. The molecule has 0 bridgehead atoms. The number of carbonyl (C=O) groups excluding carboxylic acids is 1. The fourth-order valence-corrected chi connectivity index (χ4v) is 4.32. The van der Waals surface area contributed by atoms with E-state index in [1.54, 1.807) is 17.8 Å². The Morgan fingerprint density at radius 2 is 1.85 bits per heavy atom. The van der Waals surface area contributed by atoms with Gasteiger partial charge in [0, 0.05) is 55.4 Å². The summed E-state index contributed by atoms with van der Waals surface area (Å²) in [6, 6.07) is 9.56. The van der Waals surface area contributed by atoms with Crippen LogP contribution in [0.1, 0.15) is 38.4 Å². The Kier molecular flexibility index (Phi) is 6.59. The van der Waals surface area contributed by atoms with Gasteiger partial charge in [-0.3, -0.25) is 4.79 Å². The Labute approximate surface area is 201 Å². The quantitative estimate of drug-likeness (QED) is 0.401. The fourth-order valence-electron chi connectivity index (χ4n) is 3.55. The molecule has 4 aromatic rings. The molecule has 0 radical (unpaired) electrons. The zero-order valence-corrected chi connectivity index (χ0v) is 19.5. The van der Waals surface area contributed by atoms with Crippen molar-refractivity contribution in [3.05, 3.63) is 81.7 Å².